The number of halogens is 2. The number of hydrogen-bond donors (Lipinski definition) is 4. The molecule has 7 N–H and O–H groups in total. The number of rotatable bonds is 4. The molecule has 2 atom stereocenters. The first-order chi connectivity index (χ1) is 14.8. The number of aliphatic imine (C=N–C) groups is 1. The number of anilines is 1. The largest absolute Gasteiger partial charge is 0.403 e. The number of thiazole rings is 1. The molecule has 0 bridgehead atoms. The van der Waals surface area contributed by atoms with Crippen LogP contribution in [-0.2, 0) is 0 Å². The minimum absolute atomic E-state index is 0.0419. The van der Waals surface area contributed by atoms with E-state index in [-0.39, 0.29) is 28.4 Å². The van der Waals surface area contributed by atoms with Crippen LogP contribution >= 0.6 is 11.3 Å². The molecule has 2 aromatic rings. The van der Waals surface area contributed by atoms with E-state index in [2.05, 4.69) is 15.3 Å². The van der Waals surface area contributed by atoms with E-state index < -0.39 is 23.9 Å². The Morgan fingerprint density at radius 3 is 2.74 bits per heavy atom. The number of nitrogen functional groups attached to an aromatic ring is 1. The number of hydrogen-bond acceptors (Lipinski definition) is 7. The van der Waals surface area contributed by atoms with Gasteiger partial charge in [-0.1, -0.05) is 23.5 Å². The van der Waals surface area contributed by atoms with Crippen molar-refractivity contribution >= 4 is 28.1 Å². The summed E-state index contributed by atoms with van der Waals surface area (Å²) in [7, 11) is 1.55. The molecular weight excluding hydrogens is 424 g/mol. The number of amidine groups is 1. The summed E-state index contributed by atoms with van der Waals surface area (Å²) >= 11 is 1.01. The Labute approximate surface area is 182 Å². The van der Waals surface area contributed by atoms with Crippen LogP contribution in [-0.4, -0.2) is 54.0 Å². The Balaban J connectivity index is 1.79. The van der Waals surface area contributed by atoms with Crippen LogP contribution in [0.1, 0.15) is 23.3 Å². The lowest BCUT2D eigenvalue weighted by Crippen LogP contribution is -2.40. The zero-order chi connectivity index (χ0) is 22.5. The molecule has 1 aromatic heterocycles. The van der Waals surface area contributed by atoms with Gasteiger partial charge in [-0.3, -0.25) is 9.79 Å². The Morgan fingerprint density at radius 2 is 2.06 bits per heavy atom. The van der Waals surface area contributed by atoms with Crippen LogP contribution < -0.4 is 22.5 Å². The first-order valence-electron chi connectivity index (χ1n) is 9.71. The average Bonchev–Trinajstić information content (AvgIpc) is 3.07. The van der Waals surface area contributed by atoms with Crippen molar-refractivity contribution in [2.45, 2.75) is 25.1 Å². The number of nitrogens with one attached hydrogen (secondary N) is 1. The maximum atomic E-state index is 14.1. The average molecular weight is 450 g/mol. The van der Waals surface area contributed by atoms with Crippen molar-refractivity contribution in [2.75, 3.05) is 25.9 Å². The van der Waals surface area contributed by atoms with Crippen LogP contribution in [0.3, 0.4) is 0 Å². The molecule has 31 heavy (non-hydrogen) atoms. The molecule has 1 fully saturated rings. The molecule has 166 valence electrons. The third-order valence-electron chi connectivity index (χ3n) is 5.01. The quantitative estimate of drug-likeness (QED) is 0.416. The second kappa shape index (κ2) is 9.84. The van der Waals surface area contributed by atoms with Crippen LogP contribution in [0, 0.1) is 5.82 Å². The molecule has 0 saturated carbocycles. The van der Waals surface area contributed by atoms with E-state index in [1.165, 1.54) is 12.3 Å². The number of carbonyl (C=O) groups is 1. The molecule has 2 heterocycles. The fraction of sp³-hybridized carbons (Fsp3) is 0.350. The van der Waals surface area contributed by atoms with Crippen molar-refractivity contribution in [1.82, 2.24) is 15.2 Å². The molecule has 3 rings (SSSR count). The number of nitrogens with zero attached hydrogens (tertiary/aromatic N) is 3. The highest BCUT2D eigenvalue weighted by atomic mass is 32.1. The normalized spacial score (nSPS) is 20.5. The summed E-state index contributed by atoms with van der Waals surface area (Å²) in [6.45, 7) is 0.850. The SMILES string of the molecule is CN=C(/C(=C\N)NC(=O)c1nc(-c2ccccc2F)sc1N)N1CC[C@H](N)[C@@H](F)CC1. The van der Waals surface area contributed by atoms with Gasteiger partial charge in [0.05, 0.1) is 5.70 Å². The van der Waals surface area contributed by atoms with E-state index in [9.17, 15) is 13.6 Å². The van der Waals surface area contributed by atoms with Gasteiger partial charge in [-0.15, -0.1) is 0 Å². The number of amides is 1. The van der Waals surface area contributed by atoms with Gasteiger partial charge >= 0.3 is 0 Å². The fourth-order valence-electron chi connectivity index (χ4n) is 3.33. The third-order valence-corrected chi connectivity index (χ3v) is 5.93. The third kappa shape index (κ3) is 5.00. The van der Waals surface area contributed by atoms with E-state index >= 15 is 0 Å². The summed E-state index contributed by atoms with van der Waals surface area (Å²) in [6.07, 6.45) is 0.793. The van der Waals surface area contributed by atoms with Crippen molar-refractivity contribution in [3.05, 3.63) is 47.7 Å². The highest BCUT2D eigenvalue weighted by molar-refractivity contribution is 7.19. The molecule has 1 aromatic carbocycles. The van der Waals surface area contributed by atoms with Crippen LogP contribution in [0.25, 0.3) is 10.6 Å². The second-order valence-electron chi connectivity index (χ2n) is 7.04. The Bertz CT molecular complexity index is 995. The summed E-state index contributed by atoms with van der Waals surface area (Å²) in [6, 6.07) is 5.55. The summed E-state index contributed by atoms with van der Waals surface area (Å²) < 4.78 is 28.0. The lowest BCUT2D eigenvalue weighted by molar-refractivity contribution is 0.0964. The van der Waals surface area contributed by atoms with Crippen molar-refractivity contribution < 1.29 is 13.6 Å². The molecule has 0 radical (unpaired) electrons. The number of alkyl halides is 1. The first-order valence-corrected chi connectivity index (χ1v) is 10.5. The smallest absolute Gasteiger partial charge is 0.277 e. The minimum atomic E-state index is -1.10. The van der Waals surface area contributed by atoms with Crippen LogP contribution in [0.4, 0.5) is 13.8 Å². The van der Waals surface area contributed by atoms with Crippen LogP contribution in [0.5, 0.6) is 0 Å². The zero-order valence-corrected chi connectivity index (χ0v) is 17.8. The summed E-state index contributed by atoms with van der Waals surface area (Å²) in [5, 5.41) is 3.10. The lowest BCUT2D eigenvalue weighted by Gasteiger charge is -2.25. The van der Waals surface area contributed by atoms with E-state index in [0.717, 1.165) is 11.3 Å². The van der Waals surface area contributed by atoms with Gasteiger partial charge < -0.3 is 27.4 Å². The van der Waals surface area contributed by atoms with Gasteiger partial charge in [-0.05, 0) is 25.0 Å². The predicted molar refractivity (Wildman–Crippen MR) is 119 cm³/mol. The van der Waals surface area contributed by atoms with Gasteiger partial charge in [-0.2, -0.15) is 0 Å². The molecule has 0 aliphatic carbocycles. The summed E-state index contributed by atoms with van der Waals surface area (Å²) in [5.74, 6) is -0.666. The molecule has 1 aliphatic rings. The maximum Gasteiger partial charge on any atom is 0.277 e. The predicted octanol–water partition coefficient (Wildman–Crippen LogP) is 1.85. The Kier molecular flexibility index (Phi) is 7.18. The van der Waals surface area contributed by atoms with Gasteiger partial charge in [0.2, 0.25) is 0 Å². The van der Waals surface area contributed by atoms with Crippen molar-refractivity contribution in [3.8, 4) is 10.6 Å². The molecular formula is C20H25F2N7OS. The lowest BCUT2D eigenvalue weighted by atomic mass is 10.1. The van der Waals surface area contributed by atoms with Gasteiger partial charge in [-0.25, -0.2) is 13.8 Å². The monoisotopic (exact) mass is 449 g/mol. The zero-order valence-electron chi connectivity index (χ0n) is 17.0. The minimum Gasteiger partial charge on any atom is -0.403 e. The molecule has 1 amide bonds. The number of carbonyl (C=O) groups excluding carboxylic acids is 1. The summed E-state index contributed by atoms with van der Waals surface area (Å²) in [4.78, 5) is 23.1. The molecule has 0 spiro atoms. The molecule has 1 aliphatic heterocycles. The standard InChI is InChI=1S/C20H25F2N7OS/c1-26-18(29-8-6-13(22)14(24)7-9-29)15(10-23)27-19(30)16-17(25)31-20(28-16)11-4-2-3-5-12(11)21/h2-5,10,13-14H,6-9,23-25H2,1H3,(H,27,30)/b15-10+,26-18?/t13-,14-/m0/s1. The van der Waals surface area contributed by atoms with Crippen LogP contribution in [0.15, 0.2) is 41.2 Å². The van der Waals surface area contributed by atoms with Crippen molar-refractivity contribution in [3.63, 3.8) is 0 Å². The maximum absolute atomic E-state index is 14.1. The van der Waals surface area contributed by atoms with Crippen LogP contribution in [0.2, 0.25) is 0 Å². The van der Waals surface area contributed by atoms with E-state index in [4.69, 9.17) is 17.2 Å². The molecule has 11 heteroatoms. The highest BCUT2D eigenvalue weighted by Gasteiger charge is 2.27. The van der Waals surface area contributed by atoms with E-state index in [1.54, 1.807) is 25.2 Å². The highest BCUT2D eigenvalue weighted by Crippen LogP contribution is 2.31. The van der Waals surface area contributed by atoms with E-state index in [1.807, 2.05) is 4.90 Å². The number of benzene rings is 1. The molecule has 8 nitrogen and oxygen atoms in total. The fourth-order valence-corrected chi connectivity index (χ4v) is 4.19. The van der Waals surface area contributed by atoms with Gasteiger partial charge in [0.25, 0.3) is 5.91 Å². The van der Waals surface area contributed by atoms with Gasteiger partial charge in [0.15, 0.2) is 5.69 Å². The topological polar surface area (TPSA) is 136 Å². The van der Waals surface area contributed by atoms with Gasteiger partial charge in [0, 0.05) is 37.9 Å². The Hall–Kier alpha value is -3.05. The van der Waals surface area contributed by atoms with Crippen molar-refractivity contribution in [1.29, 1.82) is 0 Å². The van der Waals surface area contributed by atoms with Crippen molar-refractivity contribution in [2.24, 2.45) is 16.5 Å². The number of aromatic nitrogens is 1. The molecule has 0 unspecified atom stereocenters. The second-order valence-corrected chi connectivity index (χ2v) is 8.07. The van der Waals surface area contributed by atoms with Gasteiger partial charge in [0.1, 0.15) is 27.8 Å². The number of nitrogens with two attached hydrogens (primary N) is 3. The Morgan fingerprint density at radius 1 is 1.35 bits per heavy atom. The molecule has 1 saturated heterocycles. The number of likely N-dealkylation sites (tertiary alicyclic amines) is 1. The first kappa shape index (κ1) is 22.6. The summed E-state index contributed by atoms with van der Waals surface area (Å²) in [5.41, 5.74) is 18.0. The van der Waals surface area contributed by atoms with E-state index in [0.29, 0.717) is 30.4 Å².